The molecule has 0 aromatic carbocycles. The van der Waals surface area contributed by atoms with Gasteiger partial charge >= 0.3 is 12.1 Å². The van der Waals surface area contributed by atoms with Crippen LogP contribution in [0.25, 0.3) is 0 Å². The SMILES string of the molecule is COC(=O)C(NC(=O)O[C@@H]1CC[C@]2(CO2)[C@@H]([C@@]2(C)C[C@@H]2CC=C(C)C)[C@@H]1OC)C(C)C. The normalized spacial score (nSPS) is 37.2. The van der Waals surface area contributed by atoms with Crippen molar-refractivity contribution in [1.82, 2.24) is 5.32 Å². The average Bonchev–Trinajstić information content (AvgIpc) is 3.62. The van der Waals surface area contributed by atoms with E-state index in [0.29, 0.717) is 12.3 Å². The van der Waals surface area contributed by atoms with Crippen molar-refractivity contribution in [1.29, 1.82) is 0 Å². The van der Waals surface area contributed by atoms with E-state index in [1.807, 2.05) is 13.8 Å². The van der Waals surface area contributed by atoms with Crippen molar-refractivity contribution in [2.45, 2.75) is 84.2 Å². The number of hydrogen-bond acceptors (Lipinski definition) is 6. The van der Waals surface area contributed by atoms with Crippen molar-refractivity contribution < 1.29 is 28.5 Å². The molecule has 1 amide bonds. The molecule has 1 saturated heterocycles. The molecule has 7 heteroatoms. The van der Waals surface area contributed by atoms with E-state index in [-0.39, 0.29) is 35.1 Å². The van der Waals surface area contributed by atoms with Gasteiger partial charge in [-0.2, -0.15) is 0 Å². The van der Waals surface area contributed by atoms with Crippen LogP contribution in [0.3, 0.4) is 0 Å². The summed E-state index contributed by atoms with van der Waals surface area (Å²) in [5.41, 5.74) is 1.29. The average molecular weight is 438 g/mol. The molecule has 3 fully saturated rings. The summed E-state index contributed by atoms with van der Waals surface area (Å²) in [4.78, 5) is 24.7. The zero-order chi connectivity index (χ0) is 23.0. The zero-order valence-electron chi connectivity index (χ0n) is 20.0. The number of ether oxygens (including phenoxy) is 4. The molecule has 7 nitrogen and oxygen atoms in total. The van der Waals surface area contributed by atoms with Crippen molar-refractivity contribution in [3.05, 3.63) is 11.6 Å². The Labute approximate surface area is 186 Å². The second kappa shape index (κ2) is 9.10. The van der Waals surface area contributed by atoms with E-state index in [2.05, 4.69) is 32.2 Å². The summed E-state index contributed by atoms with van der Waals surface area (Å²) >= 11 is 0. The van der Waals surface area contributed by atoms with Gasteiger partial charge < -0.3 is 24.3 Å². The molecule has 0 aromatic heterocycles. The first-order valence-electron chi connectivity index (χ1n) is 11.4. The number of carbonyl (C=O) groups is 2. The van der Waals surface area contributed by atoms with Crippen LogP contribution in [0.1, 0.15) is 60.3 Å². The molecule has 2 saturated carbocycles. The quantitative estimate of drug-likeness (QED) is 0.353. The van der Waals surface area contributed by atoms with Crippen LogP contribution < -0.4 is 5.32 Å². The van der Waals surface area contributed by atoms with E-state index < -0.39 is 18.1 Å². The lowest BCUT2D eigenvalue weighted by atomic mass is 9.67. The maximum atomic E-state index is 12.7. The molecular formula is C24H39NO6. The molecule has 7 atom stereocenters. The van der Waals surface area contributed by atoms with Gasteiger partial charge in [0.1, 0.15) is 18.2 Å². The number of nitrogens with one attached hydrogen (secondary N) is 1. The van der Waals surface area contributed by atoms with Gasteiger partial charge in [0.25, 0.3) is 0 Å². The lowest BCUT2D eigenvalue weighted by Gasteiger charge is -2.44. The number of epoxide rings is 1. The molecule has 31 heavy (non-hydrogen) atoms. The Kier molecular flexibility index (Phi) is 7.06. The molecule has 1 aliphatic heterocycles. The van der Waals surface area contributed by atoms with E-state index in [4.69, 9.17) is 18.9 Å². The van der Waals surface area contributed by atoms with Crippen LogP contribution in [-0.2, 0) is 23.7 Å². The number of amides is 1. The highest BCUT2D eigenvalue weighted by Gasteiger charge is 2.70. The zero-order valence-corrected chi connectivity index (χ0v) is 20.0. The monoisotopic (exact) mass is 437 g/mol. The van der Waals surface area contributed by atoms with E-state index in [9.17, 15) is 9.59 Å². The van der Waals surface area contributed by atoms with Crippen LogP contribution in [0.2, 0.25) is 0 Å². The highest BCUT2D eigenvalue weighted by atomic mass is 16.6. The van der Waals surface area contributed by atoms with E-state index in [1.165, 1.54) is 12.7 Å². The Balaban J connectivity index is 1.71. The highest BCUT2D eigenvalue weighted by Crippen LogP contribution is 2.68. The maximum absolute atomic E-state index is 12.7. The largest absolute Gasteiger partial charge is 0.467 e. The van der Waals surface area contributed by atoms with Crippen LogP contribution in [0, 0.1) is 23.2 Å². The molecule has 1 N–H and O–H groups in total. The van der Waals surface area contributed by atoms with Gasteiger partial charge in [-0.15, -0.1) is 0 Å². The lowest BCUT2D eigenvalue weighted by molar-refractivity contribution is -0.144. The van der Waals surface area contributed by atoms with Crippen LogP contribution in [0.5, 0.6) is 0 Å². The molecule has 0 aromatic rings. The Morgan fingerprint density at radius 3 is 2.45 bits per heavy atom. The van der Waals surface area contributed by atoms with Crippen molar-refractivity contribution >= 4 is 12.1 Å². The number of carbonyl (C=O) groups excluding carboxylic acids is 2. The summed E-state index contributed by atoms with van der Waals surface area (Å²) in [6, 6.07) is -0.745. The fourth-order valence-electron chi connectivity index (χ4n) is 5.53. The molecule has 3 rings (SSSR count). The van der Waals surface area contributed by atoms with Crippen LogP contribution in [0.4, 0.5) is 4.79 Å². The van der Waals surface area contributed by atoms with Gasteiger partial charge in [-0.25, -0.2) is 9.59 Å². The number of hydrogen-bond donors (Lipinski definition) is 1. The fraction of sp³-hybridized carbons (Fsp3) is 0.833. The Morgan fingerprint density at radius 2 is 1.94 bits per heavy atom. The third-order valence-electron chi connectivity index (χ3n) is 7.53. The molecule has 0 bridgehead atoms. The first kappa shape index (κ1) is 24.1. The van der Waals surface area contributed by atoms with Gasteiger partial charge in [-0.05, 0) is 56.8 Å². The third kappa shape index (κ3) is 4.92. The van der Waals surface area contributed by atoms with E-state index in [0.717, 1.165) is 25.9 Å². The third-order valence-corrected chi connectivity index (χ3v) is 7.53. The Morgan fingerprint density at radius 1 is 1.26 bits per heavy atom. The number of allylic oxidation sites excluding steroid dienone is 2. The highest BCUT2D eigenvalue weighted by molar-refractivity contribution is 5.81. The van der Waals surface area contributed by atoms with Crippen molar-refractivity contribution in [3.63, 3.8) is 0 Å². The van der Waals surface area contributed by atoms with Crippen LogP contribution in [-0.4, -0.2) is 56.7 Å². The minimum absolute atomic E-state index is 0.105. The molecule has 3 aliphatic rings. The van der Waals surface area contributed by atoms with Gasteiger partial charge in [0.05, 0.1) is 19.3 Å². The maximum Gasteiger partial charge on any atom is 0.408 e. The predicted molar refractivity (Wildman–Crippen MR) is 117 cm³/mol. The number of rotatable bonds is 8. The fourth-order valence-corrected chi connectivity index (χ4v) is 5.53. The topological polar surface area (TPSA) is 86.4 Å². The number of methoxy groups -OCH3 is 2. The molecule has 1 unspecified atom stereocenters. The van der Waals surface area contributed by atoms with Crippen molar-refractivity contribution in [2.75, 3.05) is 20.8 Å². The first-order valence-corrected chi connectivity index (χ1v) is 11.4. The van der Waals surface area contributed by atoms with Crippen molar-refractivity contribution in [2.24, 2.45) is 23.2 Å². The Bertz CT molecular complexity index is 711. The number of alkyl carbamates (subject to hydrolysis) is 1. The number of esters is 1. The van der Waals surface area contributed by atoms with Gasteiger partial charge in [0.2, 0.25) is 0 Å². The summed E-state index contributed by atoms with van der Waals surface area (Å²) in [7, 11) is 3.00. The minimum Gasteiger partial charge on any atom is -0.467 e. The second-order valence-electron chi connectivity index (χ2n) is 10.3. The summed E-state index contributed by atoms with van der Waals surface area (Å²) in [6.45, 7) is 11.0. The minimum atomic E-state index is -0.745. The first-order chi connectivity index (χ1) is 14.6. The molecular weight excluding hydrogens is 398 g/mol. The summed E-state index contributed by atoms with van der Waals surface area (Å²) < 4.78 is 22.6. The summed E-state index contributed by atoms with van der Waals surface area (Å²) in [5.74, 6) is 0.174. The van der Waals surface area contributed by atoms with Crippen LogP contribution >= 0.6 is 0 Å². The van der Waals surface area contributed by atoms with E-state index in [1.54, 1.807) is 7.11 Å². The van der Waals surface area contributed by atoms with Gasteiger partial charge in [0.15, 0.2) is 0 Å². The summed E-state index contributed by atoms with van der Waals surface area (Å²) in [6.07, 6.45) is 4.81. The molecule has 2 aliphatic carbocycles. The smallest absolute Gasteiger partial charge is 0.408 e. The van der Waals surface area contributed by atoms with Crippen molar-refractivity contribution in [3.8, 4) is 0 Å². The van der Waals surface area contributed by atoms with Gasteiger partial charge in [-0.1, -0.05) is 32.4 Å². The Hall–Kier alpha value is -1.60. The standard InChI is InChI=1S/C24H39NO6/c1-14(2)8-9-16-12-23(16,5)20-19(28-6)17(10-11-24(20)13-30-24)31-22(27)25-18(15(3)4)21(26)29-7/h8,15-20H,9-13H2,1-7H3,(H,25,27)/t16-,17+,18?,19+,20+,23-,24-/m0/s1. The van der Waals surface area contributed by atoms with E-state index >= 15 is 0 Å². The van der Waals surface area contributed by atoms with Gasteiger partial charge in [0, 0.05) is 13.0 Å². The molecule has 176 valence electrons. The molecule has 1 heterocycles. The lowest BCUT2D eigenvalue weighted by Crippen LogP contribution is -2.55. The molecule has 0 radical (unpaired) electrons. The van der Waals surface area contributed by atoms with Gasteiger partial charge in [-0.3, -0.25) is 0 Å². The predicted octanol–water partition coefficient (Wildman–Crippen LogP) is 3.86. The summed E-state index contributed by atoms with van der Waals surface area (Å²) in [5, 5.41) is 2.68. The molecule has 1 spiro atoms. The second-order valence-corrected chi connectivity index (χ2v) is 10.3. The van der Waals surface area contributed by atoms with Crippen LogP contribution in [0.15, 0.2) is 11.6 Å².